The molecule has 24 heavy (non-hydrogen) atoms. The number of rotatable bonds is 6. The molecule has 1 aliphatic heterocycles. The summed E-state index contributed by atoms with van der Waals surface area (Å²) in [6, 6.07) is 5.05. The van der Waals surface area contributed by atoms with Crippen molar-refractivity contribution in [1.29, 1.82) is 0 Å². The summed E-state index contributed by atoms with van der Waals surface area (Å²) in [5.41, 5.74) is 0. The summed E-state index contributed by atoms with van der Waals surface area (Å²) in [6.07, 6.45) is 5.39. The highest BCUT2D eigenvalue weighted by molar-refractivity contribution is 7.89. The maximum absolute atomic E-state index is 13.1. The van der Waals surface area contributed by atoms with Gasteiger partial charge in [0.2, 0.25) is 10.0 Å². The normalized spacial score (nSPS) is 23.0. The molecule has 2 fully saturated rings. The lowest BCUT2D eigenvalue weighted by Crippen LogP contribution is -2.46. The Morgan fingerprint density at radius 2 is 2.08 bits per heavy atom. The van der Waals surface area contributed by atoms with Crippen LogP contribution in [-0.2, 0) is 10.0 Å². The molecule has 1 aliphatic carbocycles. The first-order valence-electron chi connectivity index (χ1n) is 8.60. The van der Waals surface area contributed by atoms with E-state index < -0.39 is 10.0 Å². The number of nitrogens with one attached hydrogen (secondary N) is 1. The van der Waals surface area contributed by atoms with Gasteiger partial charge < -0.3 is 10.1 Å². The third-order valence-corrected chi connectivity index (χ3v) is 7.14. The first-order chi connectivity index (χ1) is 11.5. The number of halogens is 1. The van der Waals surface area contributed by atoms with E-state index in [1.807, 2.05) is 7.05 Å². The summed E-state index contributed by atoms with van der Waals surface area (Å²) in [4.78, 5) is 0.186. The lowest BCUT2D eigenvalue weighted by molar-refractivity contribution is 0.177. The number of hydrogen-bond donors (Lipinski definition) is 1. The molecule has 1 aromatic carbocycles. The summed E-state index contributed by atoms with van der Waals surface area (Å²) in [5, 5.41) is 3.58. The fourth-order valence-electron chi connectivity index (χ4n) is 3.21. The summed E-state index contributed by atoms with van der Waals surface area (Å²) < 4.78 is 33.6. The highest BCUT2D eigenvalue weighted by atomic mass is 35.5. The zero-order valence-electron chi connectivity index (χ0n) is 14.0. The smallest absolute Gasteiger partial charge is 0.246 e. The standard InChI is InChI=1S/C17H25ClN2O3S/c1-19-15-6-3-9-20(11-15)24(21,22)17-10-14(18)7-8-16(17)23-12-13-4-2-5-13/h7-8,10,13,15,19H,2-6,9,11-12H2,1H3. The van der Waals surface area contributed by atoms with Crippen molar-refractivity contribution in [2.24, 2.45) is 5.92 Å². The van der Waals surface area contributed by atoms with Gasteiger partial charge in [0, 0.05) is 24.2 Å². The molecule has 1 unspecified atom stereocenters. The molecular formula is C17H25ClN2O3S. The van der Waals surface area contributed by atoms with Crippen LogP contribution in [0.1, 0.15) is 32.1 Å². The van der Waals surface area contributed by atoms with Crippen LogP contribution in [-0.4, -0.2) is 45.5 Å². The van der Waals surface area contributed by atoms with Crippen LogP contribution < -0.4 is 10.1 Å². The van der Waals surface area contributed by atoms with Crippen LogP contribution in [0.15, 0.2) is 23.1 Å². The Hall–Kier alpha value is -0.820. The van der Waals surface area contributed by atoms with Gasteiger partial charge in [0.1, 0.15) is 10.6 Å². The molecule has 0 aromatic heterocycles. The third kappa shape index (κ3) is 3.87. The van der Waals surface area contributed by atoms with Crippen molar-refractivity contribution in [3.63, 3.8) is 0 Å². The minimum atomic E-state index is -3.61. The van der Waals surface area contributed by atoms with Gasteiger partial charge >= 0.3 is 0 Å². The van der Waals surface area contributed by atoms with E-state index in [1.54, 1.807) is 16.4 Å². The second kappa shape index (κ2) is 7.60. The maximum atomic E-state index is 13.1. The topological polar surface area (TPSA) is 58.6 Å². The zero-order chi connectivity index (χ0) is 17.2. The molecule has 1 saturated carbocycles. The van der Waals surface area contributed by atoms with Gasteiger partial charge in [-0.25, -0.2) is 8.42 Å². The van der Waals surface area contributed by atoms with E-state index in [1.165, 1.54) is 12.5 Å². The van der Waals surface area contributed by atoms with Gasteiger partial charge in [-0.05, 0) is 56.8 Å². The first-order valence-corrected chi connectivity index (χ1v) is 10.4. The second-order valence-corrected chi connectivity index (χ2v) is 9.03. The van der Waals surface area contributed by atoms with Gasteiger partial charge in [0.15, 0.2) is 0 Å². The summed E-state index contributed by atoms with van der Waals surface area (Å²) >= 11 is 6.07. The van der Waals surface area contributed by atoms with Crippen molar-refractivity contribution < 1.29 is 13.2 Å². The molecule has 0 bridgehead atoms. The van der Waals surface area contributed by atoms with Crippen LogP contribution in [0.3, 0.4) is 0 Å². The number of hydrogen-bond acceptors (Lipinski definition) is 4. The molecular weight excluding hydrogens is 348 g/mol. The Kier molecular flexibility index (Phi) is 5.70. The van der Waals surface area contributed by atoms with Crippen LogP contribution in [0.4, 0.5) is 0 Å². The molecule has 1 atom stereocenters. The quantitative estimate of drug-likeness (QED) is 0.834. The van der Waals surface area contributed by atoms with Crippen molar-refractivity contribution in [1.82, 2.24) is 9.62 Å². The number of piperidine rings is 1. The number of likely N-dealkylation sites (N-methyl/N-ethyl adjacent to an activating group) is 1. The Morgan fingerprint density at radius 3 is 2.75 bits per heavy atom. The summed E-state index contributed by atoms with van der Waals surface area (Å²) in [5.74, 6) is 0.956. The van der Waals surface area contributed by atoms with Crippen molar-refractivity contribution in [2.75, 3.05) is 26.7 Å². The highest BCUT2D eigenvalue weighted by Gasteiger charge is 2.32. The van der Waals surface area contributed by atoms with Gasteiger partial charge in [0.25, 0.3) is 0 Å². The molecule has 7 heteroatoms. The van der Waals surface area contributed by atoms with E-state index >= 15 is 0 Å². The molecule has 0 radical (unpaired) electrons. The fourth-order valence-corrected chi connectivity index (χ4v) is 5.12. The Labute approximate surface area is 149 Å². The van der Waals surface area contributed by atoms with E-state index in [9.17, 15) is 8.42 Å². The van der Waals surface area contributed by atoms with E-state index in [-0.39, 0.29) is 10.9 Å². The maximum Gasteiger partial charge on any atom is 0.246 e. The molecule has 1 saturated heterocycles. The van der Waals surface area contributed by atoms with Crippen LogP contribution in [0.5, 0.6) is 5.75 Å². The predicted octanol–water partition coefficient (Wildman–Crippen LogP) is 2.89. The third-order valence-electron chi connectivity index (χ3n) is 5.02. The predicted molar refractivity (Wildman–Crippen MR) is 95.1 cm³/mol. The molecule has 3 rings (SSSR count). The van der Waals surface area contributed by atoms with E-state index in [4.69, 9.17) is 16.3 Å². The molecule has 1 aromatic rings. The SMILES string of the molecule is CNC1CCCN(S(=O)(=O)c2cc(Cl)ccc2OCC2CCC2)C1. The first kappa shape index (κ1) is 18.0. The number of benzene rings is 1. The largest absolute Gasteiger partial charge is 0.492 e. The molecule has 1 N–H and O–H groups in total. The monoisotopic (exact) mass is 372 g/mol. The van der Waals surface area contributed by atoms with Crippen molar-refractivity contribution >= 4 is 21.6 Å². The molecule has 1 heterocycles. The molecule has 134 valence electrons. The molecule has 0 amide bonds. The fraction of sp³-hybridized carbons (Fsp3) is 0.647. The Bertz CT molecular complexity index is 676. The van der Waals surface area contributed by atoms with Gasteiger partial charge in [-0.2, -0.15) is 4.31 Å². The Morgan fingerprint density at radius 1 is 1.29 bits per heavy atom. The van der Waals surface area contributed by atoms with E-state index in [0.29, 0.717) is 36.4 Å². The van der Waals surface area contributed by atoms with Crippen LogP contribution in [0.2, 0.25) is 5.02 Å². The van der Waals surface area contributed by atoms with Gasteiger partial charge in [0.05, 0.1) is 6.61 Å². The van der Waals surface area contributed by atoms with Crippen molar-refractivity contribution in [3.05, 3.63) is 23.2 Å². The highest BCUT2D eigenvalue weighted by Crippen LogP contribution is 2.33. The molecule has 5 nitrogen and oxygen atoms in total. The van der Waals surface area contributed by atoms with Gasteiger partial charge in [-0.1, -0.05) is 18.0 Å². The Balaban J connectivity index is 1.83. The number of sulfonamides is 1. The van der Waals surface area contributed by atoms with Crippen LogP contribution >= 0.6 is 11.6 Å². The number of nitrogens with zero attached hydrogens (tertiary/aromatic N) is 1. The minimum Gasteiger partial charge on any atom is -0.492 e. The number of ether oxygens (including phenoxy) is 1. The van der Waals surface area contributed by atoms with Crippen LogP contribution in [0.25, 0.3) is 0 Å². The average molecular weight is 373 g/mol. The van der Waals surface area contributed by atoms with Crippen molar-refractivity contribution in [3.8, 4) is 5.75 Å². The molecule has 2 aliphatic rings. The minimum absolute atomic E-state index is 0.186. The summed E-state index contributed by atoms with van der Waals surface area (Å²) in [6.45, 7) is 1.59. The van der Waals surface area contributed by atoms with E-state index in [0.717, 1.165) is 25.7 Å². The van der Waals surface area contributed by atoms with Gasteiger partial charge in [-0.15, -0.1) is 0 Å². The lowest BCUT2D eigenvalue weighted by Gasteiger charge is -2.32. The lowest BCUT2D eigenvalue weighted by atomic mass is 9.86. The summed E-state index contributed by atoms with van der Waals surface area (Å²) in [7, 11) is -1.74. The van der Waals surface area contributed by atoms with E-state index in [2.05, 4.69) is 5.32 Å². The molecule has 0 spiro atoms. The van der Waals surface area contributed by atoms with Crippen LogP contribution in [0, 0.1) is 5.92 Å². The van der Waals surface area contributed by atoms with Crippen molar-refractivity contribution in [2.45, 2.75) is 43.0 Å². The zero-order valence-corrected chi connectivity index (χ0v) is 15.6. The average Bonchev–Trinajstić information content (AvgIpc) is 2.54. The van der Waals surface area contributed by atoms with Gasteiger partial charge in [-0.3, -0.25) is 0 Å². The second-order valence-electron chi connectivity index (χ2n) is 6.69.